The smallest absolute Gasteiger partial charge is 0.232 e. The highest BCUT2D eigenvalue weighted by atomic mass is 32.2. The summed E-state index contributed by atoms with van der Waals surface area (Å²) in [5, 5.41) is 0. The van der Waals surface area contributed by atoms with E-state index in [4.69, 9.17) is 5.73 Å². The van der Waals surface area contributed by atoms with E-state index in [1.165, 1.54) is 0 Å². The molecule has 0 atom stereocenters. The summed E-state index contributed by atoms with van der Waals surface area (Å²) in [5.41, 5.74) is 7.07. The Kier molecular flexibility index (Phi) is 6.81. The maximum absolute atomic E-state index is 11.8. The Labute approximate surface area is 122 Å². The third-order valence-corrected chi connectivity index (χ3v) is 4.51. The van der Waals surface area contributed by atoms with Crippen LogP contribution in [0.2, 0.25) is 0 Å². The lowest BCUT2D eigenvalue weighted by atomic mass is 10.2. The number of nitrogens with two attached hydrogens (primary N) is 1. The van der Waals surface area contributed by atoms with Crippen molar-refractivity contribution in [1.29, 1.82) is 0 Å². The average Bonchev–Trinajstić information content (AvgIpc) is 2.42. The molecule has 0 aliphatic rings. The van der Waals surface area contributed by atoms with Gasteiger partial charge in [0.2, 0.25) is 10.0 Å². The normalized spacial score (nSPS) is 11.3. The van der Waals surface area contributed by atoms with Crippen LogP contribution < -0.4 is 15.4 Å². The van der Waals surface area contributed by atoms with Gasteiger partial charge >= 0.3 is 0 Å². The molecule has 0 aliphatic carbocycles. The predicted molar refractivity (Wildman–Crippen MR) is 85.7 cm³/mol. The molecule has 20 heavy (non-hydrogen) atoms. The number of hydrogen-bond donors (Lipinski definition) is 2. The molecule has 0 radical (unpaired) electrons. The molecule has 0 saturated heterocycles. The molecule has 114 valence electrons. The first-order chi connectivity index (χ1) is 9.52. The van der Waals surface area contributed by atoms with Crippen molar-refractivity contribution in [3.05, 3.63) is 24.3 Å². The highest BCUT2D eigenvalue weighted by Crippen LogP contribution is 2.18. The van der Waals surface area contributed by atoms with E-state index in [0.29, 0.717) is 18.7 Å². The van der Waals surface area contributed by atoms with E-state index in [2.05, 4.69) is 23.5 Å². The molecule has 0 bridgehead atoms. The average molecular weight is 299 g/mol. The molecule has 6 heteroatoms. The van der Waals surface area contributed by atoms with Crippen LogP contribution in [0, 0.1) is 0 Å². The van der Waals surface area contributed by atoms with Crippen LogP contribution in [0.1, 0.15) is 26.7 Å². The molecular weight excluding hydrogens is 274 g/mol. The monoisotopic (exact) mass is 299 g/mol. The zero-order valence-electron chi connectivity index (χ0n) is 12.3. The summed E-state index contributed by atoms with van der Waals surface area (Å²) in [6.45, 7) is 6.57. The number of nitrogens with one attached hydrogen (secondary N) is 1. The van der Waals surface area contributed by atoms with Crippen molar-refractivity contribution in [2.45, 2.75) is 26.7 Å². The van der Waals surface area contributed by atoms with Gasteiger partial charge < -0.3 is 10.6 Å². The first-order valence-corrected chi connectivity index (χ1v) is 8.73. The van der Waals surface area contributed by atoms with Gasteiger partial charge in [0.25, 0.3) is 0 Å². The van der Waals surface area contributed by atoms with Crippen molar-refractivity contribution in [3.63, 3.8) is 0 Å². The Balaban J connectivity index is 2.65. The lowest BCUT2D eigenvalue weighted by Crippen LogP contribution is -2.21. The van der Waals surface area contributed by atoms with Gasteiger partial charge in [0.1, 0.15) is 0 Å². The van der Waals surface area contributed by atoms with Gasteiger partial charge in [-0.3, -0.25) is 4.72 Å². The minimum Gasteiger partial charge on any atom is -0.372 e. The van der Waals surface area contributed by atoms with Crippen LogP contribution in [0.15, 0.2) is 24.3 Å². The van der Waals surface area contributed by atoms with E-state index < -0.39 is 10.0 Å². The van der Waals surface area contributed by atoms with Gasteiger partial charge in [-0.05, 0) is 57.5 Å². The fourth-order valence-electron chi connectivity index (χ4n) is 2.00. The minimum absolute atomic E-state index is 0.113. The number of hydrogen-bond acceptors (Lipinski definition) is 4. The molecule has 1 aromatic rings. The van der Waals surface area contributed by atoms with Gasteiger partial charge in [-0.2, -0.15) is 0 Å². The summed E-state index contributed by atoms with van der Waals surface area (Å²) in [5.74, 6) is 0.113. The van der Waals surface area contributed by atoms with E-state index in [1.807, 2.05) is 12.1 Å². The van der Waals surface area contributed by atoms with Crippen molar-refractivity contribution in [2.75, 3.05) is 35.0 Å². The second-order valence-electron chi connectivity index (χ2n) is 4.64. The van der Waals surface area contributed by atoms with E-state index in [9.17, 15) is 8.42 Å². The quantitative estimate of drug-likeness (QED) is 0.684. The Morgan fingerprint density at radius 2 is 1.70 bits per heavy atom. The van der Waals surface area contributed by atoms with Crippen molar-refractivity contribution in [1.82, 2.24) is 0 Å². The SMILES string of the molecule is CCN(CC)c1ccc(NS(=O)(=O)CCCCN)cc1. The molecule has 0 saturated carbocycles. The van der Waals surface area contributed by atoms with Crippen molar-refractivity contribution in [3.8, 4) is 0 Å². The first-order valence-electron chi connectivity index (χ1n) is 7.08. The Bertz CT molecular complexity index is 482. The highest BCUT2D eigenvalue weighted by Gasteiger charge is 2.10. The number of benzene rings is 1. The molecule has 1 aromatic carbocycles. The topological polar surface area (TPSA) is 75.4 Å². The van der Waals surface area contributed by atoms with Crippen LogP contribution in [0.25, 0.3) is 0 Å². The minimum atomic E-state index is -3.27. The fourth-order valence-corrected chi connectivity index (χ4v) is 3.18. The van der Waals surface area contributed by atoms with Gasteiger partial charge in [-0.1, -0.05) is 0 Å². The summed E-state index contributed by atoms with van der Waals surface area (Å²) in [7, 11) is -3.27. The van der Waals surface area contributed by atoms with E-state index in [0.717, 1.165) is 25.2 Å². The molecule has 0 amide bonds. The number of sulfonamides is 1. The van der Waals surface area contributed by atoms with Gasteiger partial charge in [-0.15, -0.1) is 0 Å². The predicted octanol–water partition coefficient (Wildman–Crippen LogP) is 2.01. The number of anilines is 2. The maximum Gasteiger partial charge on any atom is 0.232 e. The third-order valence-electron chi connectivity index (χ3n) is 3.14. The van der Waals surface area contributed by atoms with E-state index in [1.54, 1.807) is 12.1 Å². The second kappa shape index (κ2) is 8.11. The van der Waals surface area contributed by atoms with E-state index in [-0.39, 0.29) is 5.75 Å². The maximum atomic E-state index is 11.8. The molecule has 0 unspecified atom stereocenters. The standard InChI is InChI=1S/C14H25N3O2S/c1-3-17(4-2)14-9-7-13(8-10-14)16-20(18,19)12-6-5-11-15/h7-10,16H,3-6,11-12,15H2,1-2H3. The van der Waals surface area contributed by atoms with E-state index >= 15 is 0 Å². The summed E-state index contributed by atoms with van der Waals surface area (Å²) < 4.78 is 26.3. The Morgan fingerprint density at radius 1 is 1.10 bits per heavy atom. The van der Waals surface area contributed by atoms with Crippen molar-refractivity contribution in [2.24, 2.45) is 5.73 Å². The Morgan fingerprint density at radius 3 is 2.20 bits per heavy atom. The second-order valence-corrected chi connectivity index (χ2v) is 6.48. The van der Waals surface area contributed by atoms with Gasteiger partial charge in [-0.25, -0.2) is 8.42 Å². The number of rotatable bonds is 9. The zero-order valence-corrected chi connectivity index (χ0v) is 13.1. The molecule has 1 rings (SSSR count). The molecule has 0 aromatic heterocycles. The molecular formula is C14H25N3O2S. The number of nitrogens with zero attached hydrogens (tertiary/aromatic N) is 1. The van der Waals surface area contributed by atoms with Crippen LogP contribution in [0.4, 0.5) is 11.4 Å². The molecule has 0 aliphatic heterocycles. The number of unbranched alkanes of at least 4 members (excludes halogenated alkanes) is 1. The third kappa shape index (κ3) is 5.38. The summed E-state index contributed by atoms with van der Waals surface area (Å²) >= 11 is 0. The van der Waals surface area contributed by atoms with Crippen LogP contribution >= 0.6 is 0 Å². The van der Waals surface area contributed by atoms with Crippen molar-refractivity contribution >= 4 is 21.4 Å². The molecule has 0 spiro atoms. The molecule has 5 nitrogen and oxygen atoms in total. The fraction of sp³-hybridized carbons (Fsp3) is 0.571. The molecule has 3 N–H and O–H groups in total. The summed E-state index contributed by atoms with van der Waals surface area (Å²) in [6.07, 6.45) is 1.31. The van der Waals surface area contributed by atoms with Crippen LogP contribution in [0.5, 0.6) is 0 Å². The van der Waals surface area contributed by atoms with Crippen LogP contribution in [-0.2, 0) is 10.0 Å². The van der Waals surface area contributed by atoms with Gasteiger partial charge in [0, 0.05) is 24.5 Å². The highest BCUT2D eigenvalue weighted by molar-refractivity contribution is 7.92. The van der Waals surface area contributed by atoms with Crippen LogP contribution in [0.3, 0.4) is 0 Å². The molecule has 0 fully saturated rings. The van der Waals surface area contributed by atoms with Crippen molar-refractivity contribution < 1.29 is 8.42 Å². The molecule has 0 heterocycles. The summed E-state index contributed by atoms with van der Waals surface area (Å²) in [6, 6.07) is 7.47. The largest absolute Gasteiger partial charge is 0.372 e. The lowest BCUT2D eigenvalue weighted by molar-refractivity contribution is 0.597. The van der Waals surface area contributed by atoms with Gasteiger partial charge in [0.15, 0.2) is 0 Å². The lowest BCUT2D eigenvalue weighted by Gasteiger charge is -2.21. The van der Waals surface area contributed by atoms with Crippen LogP contribution in [-0.4, -0.2) is 33.8 Å². The van der Waals surface area contributed by atoms with Gasteiger partial charge in [0.05, 0.1) is 5.75 Å². The first kappa shape index (κ1) is 16.8. The Hall–Kier alpha value is -1.27. The zero-order chi connectivity index (χ0) is 15.0. The summed E-state index contributed by atoms with van der Waals surface area (Å²) in [4.78, 5) is 2.21.